The van der Waals surface area contributed by atoms with Crippen LogP contribution in [0, 0.1) is 12.8 Å². The Kier molecular flexibility index (Phi) is 5.92. The molecule has 0 saturated carbocycles. The van der Waals surface area contributed by atoms with Gasteiger partial charge in [0.1, 0.15) is 5.60 Å². The minimum absolute atomic E-state index is 0.207. The van der Waals surface area contributed by atoms with Crippen molar-refractivity contribution >= 4 is 23.0 Å². The number of hydrogen-bond acceptors (Lipinski definition) is 4. The van der Waals surface area contributed by atoms with Gasteiger partial charge in [-0.25, -0.2) is 9.59 Å². The standard InChI is InChI=1S/C23H32N2O4/c1-15(17-11-13-24(14-12-17)22(27)29-23(3,4)5)25-16(2)20(21(26)28-6)18-9-7-8-10-19(18)25/h7-10,15,17H,11-14H2,1-6H3. The molecule has 1 atom stereocenters. The van der Waals surface area contributed by atoms with E-state index >= 15 is 0 Å². The third kappa shape index (κ3) is 4.26. The van der Waals surface area contributed by atoms with Crippen LogP contribution in [0.1, 0.15) is 62.6 Å². The Bertz CT molecular complexity index is 901. The smallest absolute Gasteiger partial charge is 0.410 e. The summed E-state index contributed by atoms with van der Waals surface area (Å²) in [5.74, 6) is 0.109. The van der Waals surface area contributed by atoms with Gasteiger partial charge in [0.15, 0.2) is 0 Å². The average molecular weight is 401 g/mol. The van der Waals surface area contributed by atoms with Crippen LogP contribution in [0.25, 0.3) is 10.9 Å². The lowest BCUT2D eigenvalue weighted by atomic mass is 9.90. The number of ether oxygens (including phenoxy) is 2. The molecule has 3 rings (SSSR count). The Balaban J connectivity index is 1.81. The summed E-state index contributed by atoms with van der Waals surface area (Å²) in [6.45, 7) is 11.2. The minimum Gasteiger partial charge on any atom is -0.465 e. The number of carbonyl (C=O) groups is 2. The predicted octanol–water partition coefficient (Wildman–Crippen LogP) is 4.94. The first kappa shape index (κ1) is 21.2. The van der Waals surface area contributed by atoms with Crippen LogP contribution in [0.15, 0.2) is 24.3 Å². The molecule has 1 aliphatic rings. The molecule has 1 fully saturated rings. The van der Waals surface area contributed by atoms with Gasteiger partial charge >= 0.3 is 12.1 Å². The summed E-state index contributed by atoms with van der Waals surface area (Å²) < 4.78 is 12.8. The number of nitrogens with zero attached hydrogens (tertiary/aromatic N) is 2. The van der Waals surface area contributed by atoms with Crippen molar-refractivity contribution in [1.82, 2.24) is 9.47 Å². The molecule has 0 bridgehead atoms. The first-order valence-corrected chi connectivity index (χ1v) is 10.3. The Morgan fingerprint density at radius 3 is 2.34 bits per heavy atom. The number of likely N-dealkylation sites (tertiary alicyclic amines) is 1. The molecule has 29 heavy (non-hydrogen) atoms. The van der Waals surface area contributed by atoms with E-state index in [1.54, 1.807) is 4.90 Å². The quantitative estimate of drug-likeness (QED) is 0.685. The zero-order chi connectivity index (χ0) is 21.3. The number of fused-ring (bicyclic) bond motifs is 1. The van der Waals surface area contributed by atoms with Crippen molar-refractivity contribution in [3.8, 4) is 0 Å². The van der Waals surface area contributed by atoms with E-state index in [2.05, 4.69) is 17.6 Å². The van der Waals surface area contributed by atoms with E-state index in [9.17, 15) is 9.59 Å². The number of amides is 1. The number of benzene rings is 1. The second-order valence-corrected chi connectivity index (χ2v) is 8.88. The molecule has 0 N–H and O–H groups in total. The zero-order valence-corrected chi connectivity index (χ0v) is 18.3. The van der Waals surface area contributed by atoms with Crippen molar-refractivity contribution in [2.24, 2.45) is 5.92 Å². The molecule has 158 valence electrons. The van der Waals surface area contributed by atoms with E-state index in [1.807, 2.05) is 45.9 Å². The Hall–Kier alpha value is -2.50. The van der Waals surface area contributed by atoms with E-state index in [-0.39, 0.29) is 18.1 Å². The molecular weight excluding hydrogens is 368 g/mol. The summed E-state index contributed by atoms with van der Waals surface area (Å²) in [5, 5.41) is 0.926. The normalized spacial score (nSPS) is 16.7. The molecule has 1 saturated heterocycles. The van der Waals surface area contributed by atoms with Gasteiger partial charge in [-0.1, -0.05) is 18.2 Å². The molecule has 1 aliphatic heterocycles. The van der Waals surface area contributed by atoms with Gasteiger partial charge in [-0.15, -0.1) is 0 Å². The number of carbonyl (C=O) groups excluding carboxylic acids is 2. The Labute approximate surface area is 172 Å². The number of rotatable bonds is 3. The van der Waals surface area contributed by atoms with Crippen LogP contribution in [0.4, 0.5) is 4.79 Å². The van der Waals surface area contributed by atoms with Gasteiger partial charge in [-0.05, 0) is 59.4 Å². The number of methoxy groups -OCH3 is 1. The summed E-state index contributed by atoms with van der Waals surface area (Å²) in [5.41, 5.74) is 2.14. The van der Waals surface area contributed by atoms with Crippen LogP contribution in [0.3, 0.4) is 0 Å². The highest BCUT2D eigenvalue weighted by molar-refractivity contribution is 6.05. The maximum Gasteiger partial charge on any atom is 0.410 e. The van der Waals surface area contributed by atoms with Gasteiger partial charge in [0.2, 0.25) is 0 Å². The summed E-state index contributed by atoms with van der Waals surface area (Å²) in [6, 6.07) is 8.18. The van der Waals surface area contributed by atoms with Crippen LogP contribution < -0.4 is 0 Å². The summed E-state index contributed by atoms with van der Waals surface area (Å²) in [7, 11) is 1.42. The molecular formula is C23H32N2O4. The number of esters is 1. The lowest BCUT2D eigenvalue weighted by Crippen LogP contribution is -2.42. The van der Waals surface area contributed by atoms with Crippen molar-refractivity contribution in [2.75, 3.05) is 20.2 Å². The van der Waals surface area contributed by atoms with E-state index in [0.717, 1.165) is 29.4 Å². The third-order valence-electron chi connectivity index (χ3n) is 5.83. The van der Waals surface area contributed by atoms with Gasteiger partial charge < -0.3 is 18.9 Å². The van der Waals surface area contributed by atoms with E-state index in [1.165, 1.54) is 7.11 Å². The molecule has 2 aromatic rings. The first-order chi connectivity index (χ1) is 13.6. The zero-order valence-electron chi connectivity index (χ0n) is 18.3. The lowest BCUT2D eigenvalue weighted by Gasteiger charge is -2.36. The number of hydrogen-bond donors (Lipinski definition) is 0. The van der Waals surface area contributed by atoms with Crippen LogP contribution in [-0.4, -0.2) is 47.3 Å². The first-order valence-electron chi connectivity index (χ1n) is 10.3. The van der Waals surface area contributed by atoms with Crippen LogP contribution in [0.2, 0.25) is 0 Å². The molecule has 1 amide bonds. The van der Waals surface area contributed by atoms with Crippen molar-refractivity contribution in [2.45, 2.75) is 59.1 Å². The molecule has 1 aromatic carbocycles. The topological polar surface area (TPSA) is 60.8 Å². The fraction of sp³-hybridized carbons (Fsp3) is 0.565. The largest absolute Gasteiger partial charge is 0.465 e. The highest BCUT2D eigenvalue weighted by atomic mass is 16.6. The second kappa shape index (κ2) is 8.09. The number of aromatic nitrogens is 1. The predicted molar refractivity (Wildman–Crippen MR) is 113 cm³/mol. The highest BCUT2D eigenvalue weighted by Crippen LogP contribution is 2.36. The van der Waals surface area contributed by atoms with Gasteiger partial charge in [0.05, 0.1) is 12.7 Å². The SMILES string of the molecule is COC(=O)c1c(C)n(C(C)C2CCN(C(=O)OC(C)(C)C)CC2)c2ccccc12. The van der Waals surface area contributed by atoms with Gasteiger partial charge in [-0.3, -0.25) is 0 Å². The van der Waals surface area contributed by atoms with Crippen molar-refractivity contribution in [1.29, 1.82) is 0 Å². The molecule has 1 unspecified atom stereocenters. The molecule has 6 heteroatoms. The van der Waals surface area contributed by atoms with Gasteiger partial charge in [-0.2, -0.15) is 0 Å². The van der Waals surface area contributed by atoms with Crippen LogP contribution in [0.5, 0.6) is 0 Å². The monoisotopic (exact) mass is 400 g/mol. The molecule has 6 nitrogen and oxygen atoms in total. The second-order valence-electron chi connectivity index (χ2n) is 8.88. The summed E-state index contributed by atoms with van der Waals surface area (Å²) in [6.07, 6.45) is 1.57. The minimum atomic E-state index is -0.479. The summed E-state index contributed by atoms with van der Waals surface area (Å²) >= 11 is 0. The van der Waals surface area contributed by atoms with Crippen LogP contribution >= 0.6 is 0 Å². The maximum atomic E-state index is 12.4. The molecule has 0 aliphatic carbocycles. The maximum absolute atomic E-state index is 12.4. The van der Waals surface area contributed by atoms with E-state index < -0.39 is 5.60 Å². The van der Waals surface area contributed by atoms with Gasteiger partial charge in [0.25, 0.3) is 0 Å². The Morgan fingerprint density at radius 1 is 1.14 bits per heavy atom. The highest BCUT2D eigenvalue weighted by Gasteiger charge is 2.32. The Morgan fingerprint density at radius 2 is 1.76 bits per heavy atom. The van der Waals surface area contributed by atoms with Gasteiger partial charge in [0, 0.05) is 35.7 Å². The summed E-state index contributed by atoms with van der Waals surface area (Å²) in [4.78, 5) is 26.5. The third-order valence-corrected chi connectivity index (χ3v) is 5.83. The lowest BCUT2D eigenvalue weighted by molar-refractivity contribution is 0.0165. The molecule has 1 aromatic heterocycles. The van der Waals surface area contributed by atoms with E-state index in [0.29, 0.717) is 24.6 Å². The number of piperidine rings is 1. The molecule has 2 heterocycles. The fourth-order valence-corrected chi connectivity index (χ4v) is 4.38. The molecule has 0 spiro atoms. The van der Waals surface area contributed by atoms with E-state index in [4.69, 9.17) is 9.47 Å². The van der Waals surface area contributed by atoms with Crippen molar-refractivity contribution in [3.05, 3.63) is 35.5 Å². The van der Waals surface area contributed by atoms with Crippen LogP contribution in [-0.2, 0) is 9.47 Å². The average Bonchev–Trinajstić information content (AvgIpc) is 2.97. The van der Waals surface area contributed by atoms with Crippen molar-refractivity contribution < 1.29 is 19.1 Å². The van der Waals surface area contributed by atoms with Crippen molar-refractivity contribution in [3.63, 3.8) is 0 Å². The number of para-hydroxylation sites is 1. The molecule has 0 radical (unpaired) electrons. The fourth-order valence-electron chi connectivity index (χ4n) is 4.38.